The fraction of sp³-hybridized carbons (Fsp3) is 0.615. The molecule has 1 N–H and O–H groups in total. The van der Waals surface area contributed by atoms with Gasteiger partial charge in [-0.1, -0.05) is 19.3 Å². The van der Waals surface area contributed by atoms with Gasteiger partial charge in [-0.25, -0.2) is 4.98 Å². The van der Waals surface area contributed by atoms with Gasteiger partial charge >= 0.3 is 0 Å². The number of nitrogens with zero attached hydrogens (tertiary/aromatic N) is 3. The van der Waals surface area contributed by atoms with E-state index in [4.69, 9.17) is 5.26 Å². The van der Waals surface area contributed by atoms with E-state index >= 15 is 0 Å². The van der Waals surface area contributed by atoms with Gasteiger partial charge in [-0.05, 0) is 19.8 Å². The van der Waals surface area contributed by atoms with Crippen molar-refractivity contribution in [2.24, 2.45) is 0 Å². The quantitative estimate of drug-likeness (QED) is 0.883. The highest BCUT2D eigenvalue weighted by Crippen LogP contribution is 2.18. The van der Waals surface area contributed by atoms with Crippen LogP contribution in [0.5, 0.6) is 0 Å². The molecule has 1 aliphatic carbocycles. The molecule has 0 bridgehead atoms. The van der Waals surface area contributed by atoms with Crippen molar-refractivity contribution in [3.63, 3.8) is 0 Å². The molecule has 1 aromatic rings. The molecule has 1 aliphatic rings. The number of aromatic nitrogens is 2. The maximum absolute atomic E-state index is 12.1. The topological polar surface area (TPSA) is 70.7 Å². The molecule has 1 saturated carbocycles. The van der Waals surface area contributed by atoms with E-state index in [1.807, 2.05) is 6.07 Å². The van der Waals surface area contributed by atoms with Crippen LogP contribution in [0.15, 0.2) is 12.4 Å². The van der Waals surface area contributed by atoms with Crippen LogP contribution in [0.3, 0.4) is 0 Å². The second kappa shape index (κ2) is 5.67. The summed E-state index contributed by atoms with van der Waals surface area (Å²) < 4.78 is 1.61. The molecule has 1 amide bonds. The van der Waals surface area contributed by atoms with Crippen molar-refractivity contribution < 1.29 is 4.79 Å². The Hall–Kier alpha value is -1.83. The van der Waals surface area contributed by atoms with Gasteiger partial charge < -0.3 is 9.88 Å². The van der Waals surface area contributed by atoms with Crippen LogP contribution < -0.4 is 5.32 Å². The predicted molar refractivity (Wildman–Crippen MR) is 66.7 cm³/mol. The van der Waals surface area contributed by atoms with E-state index < -0.39 is 0 Å². The molecule has 18 heavy (non-hydrogen) atoms. The molecule has 2 rings (SSSR count). The number of imidazole rings is 1. The first kappa shape index (κ1) is 12.6. The number of nitriles is 1. The molecule has 0 saturated heterocycles. The van der Waals surface area contributed by atoms with Gasteiger partial charge in [0, 0.05) is 18.4 Å². The molecule has 0 radical (unpaired) electrons. The maximum Gasteiger partial charge on any atom is 0.243 e. The monoisotopic (exact) mass is 246 g/mol. The highest BCUT2D eigenvalue weighted by atomic mass is 16.2. The van der Waals surface area contributed by atoms with Crippen molar-refractivity contribution >= 4 is 5.91 Å². The number of rotatable bonds is 3. The maximum atomic E-state index is 12.1. The zero-order valence-corrected chi connectivity index (χ0v) is 10.6. The minimum atomic E-state index is -0.385. The lowest BCUT2D eigenvalue weighted by Gasteiger charge is -2.24. The molecule has 5 heteroatoms. The van der Waals surface area contributed by atoms with E-state index in [2.05, 4.69) is 10.3 Å². The summed E-state index contributed by atoms with van der Waals surface area (Å²) in [6, 6.07) is 1.90. The molecule has 0 aromatic carbocycles. The molecule has 1 heterocycles. The van der Waals surface area contributed by atoms with E-state index in [9.17, 15) is 4.79 Å². The lowest BCUT2D eigenvalue weighted by Crippen LogP contribution is -2.40. The zero-order chi connectivity index (χ0) is 13.0. The third-order valence-electron chi connectivity index (χ3n) is 3.52. The van der Waals surface area contributed by atoms with Crippen LogP contribution in [0.4, 0.5) is 0 Å². The second-order valence-electron chi connectivity index (χ2n) is 4.79. The summed E-state index contributed by atoms with van der Waals surface area (Å²) in [4.78, 5) is 16.0. The Morgan fingerprint density at radius 2 is 2.28 bits per heavy atom. The Morgan fingerprint density at radius 1 is 1.56 bits per heavy atom. The van der Waals surface area contributed by atoms with Crippen molar-refractivity contribution in [2.45, 2.75) is 51.1 Å². The van der Waals surface area contributed by atoms with Crippen LogP contribution in [0.1, 0.15) is 50.9 Å². The zero-order valence-electron chi connectivity index (χ0n) is 10.6. The summed E-state index contributed by atoms with van der Waals surface area (Å²) in [5.41, 5.74) is 0. The Balaban J connectivity index is 1.98. The number of carbonyl (C=O) groups is 1. The third-order valence-corrected chi connectivity index (χ3v) is 3.52. The van der Waals surface area contributed by atoms with Crippen molar-refractivity contribution in [1.29, 1.82) is 5.26 Å². The summed E-state index contributed by atoms with van der Waals surface area (Å²) >= 11 is 0. The molecule has 96 valence electrons. The minimum Gasteiger partial charge on any atom is -0.352 e. The smallest absolute Gasteiger partial charge is 0.243 e. The Kier molecular flexibility index (Phi) is 3.98. The lowest BCUT2D eigenvalue weighted by atomic mass is 9.95. The average Bonchev–Trinajstić information content (AvgIpc) is 2.87. The third kappa shape index (κ3) is 2.70. The minimum absolute atomic E-state index is 0.0311. The van der Waals surface area contributed by atoms with Crippen LogP contribution >= 0.6 is 0 Å². The molecule has 0 spiro atoms. The first-order chi connectivity index (χ1) is 8.72. The van der Waals surface area contributed by atoms with Crippen molar-refractivity contribution in [3.05, 3.63) is 18.2 Å². The Bertz CT molecular complexity index is 454. The van der Waals surface area contributed by atoms with E-state index in [0.29, 0.717) is 6.04 Å². The second-order valence-corrected chi connectivity index (χ2v) is 4.79. The largest absolute Gasteiger partial charge is 0.352 e. The lowest BCUT2D eigenvalue weighted by molar-refractivity contribution is -0.124. The standard InChI is InChI=1S/C13H18N4O/c1-10(17-8-7-15-12(17)9-14)13(18)16-11-5-3-2-4-6-11/h7-8,10-11H,2-6H2,1H3,(H,16,18). The van der Waals surface area contributed by atoms with Gasteiger partial charge in [0.25, 0.3) is 0 Å². The summed E-state index contributed by atoms with van der Waals surface area (Å²) in [6.07, 6.45) is 8.98. The number of amides is 1. The van der Waals surface area contributed by atoms with Crippen LogP contribution in [0.25, 0.3) is 0 Å². The fourth-order valence-electron chi connectivity index (χ4n) is 2.41. The van der Waals surface area contributed by atoms with Gasteiger partial charge in [0.2, 0.25) is 11.7 Å². The highest BCUT2D eigenvalue weighted by Gasteiger charge is 2.21. The first-order valence-corrected chi connectivity index (χ1v) is 6.45. The van der Waals surface area contributed by atoms with E-state index in [1.54, 1.807) is 23.9 Å². The Morgan fingerprint density at radius 3 is 2.94 bits per heavy atom. The van der Waals surface area contributed by atoms with E-state index in [-0.39, 0.29) is 17.8 Å². The number of hydrogen-bond acceptors (Lipinski definition) is 3. The molecular weight excluding hydrogens is 228 g/mol. The molecule has 5 nitrogen and oxygen atoms in total. The highest BCUT2D eigenvalue weighted by molar-refractivity contribution is 5.80. The Labute approximate surface area is 107 Å². The van der Waals surface area contributed by atoms with Gasteiger partial charge in [-0.2, -0.15) is 5.26 Å². The van der Waals surface area contributed by atoms with Crippen LogP contribution in [0, 0.1) is 11.3 Å². The van der Waals surface area contributed by atoms with E-state index in [0.717, 1.165) is 12.8 Å². The van der Waals surface area contributed by atoms with Gasteiger partial charge in [0.15, 0.2) is 0 Å². The van der Waals surface area contributed by atoms with Gasteiger partial charge in [-0.3, -0.25) is 4.79 Å². The molecule has 1 aromatic heterocycles. The van der Waals surface area contributed by atoms with Crippen molar-refractivity contribution in [2.75, 3.05) is 0 Å². The van der Waals surface area contributed by atoms with Crippen molar-refractivity contribution in [3.8, 4) is 6.07 Å². The predicted octanol–water partition coefficient (Wildman–Crippen LogP) is 1.76. The van der Waals surface area contributed by atoms with Gasteiger partial charge in [0.1, 0.15) is 12.1 Å². The molecule has 0 aliphatic heterocycles. The van der Waals surface area contributed by atoms with Gasteiger partial charge in [-0.15, -0.1) is 0 Å². The summed E-state index contributed by atoms with van der Waals surface area (Å²) in [5, 5.41) is 12.0. The molecule has 1 fully saturated rings. The summed E-state index contributed by atoms with van der Waals surface area (Å²) in [7, 11) is 0. The first-order valence-electron chi connectivity index (χ1n) is 6.45. The van der Waals surface area contributed by atoms with Crippen LogP contribution in [0.2, 0.25) is 0 Å². The fourth-order valence-corrected chi connectivity index (χ4v) is 2.41. The average molecular weight is 246 g/mol. The molecule has 1 unspecified atom stereocenters. The van der Waals surface area contributed by atoms with Gasteiger partial charge in [0.05, 0.1) is 0 Å². The SMILES string of the molecule is CC(C(=O)NC1CCCCC1)n1ccnc1C#N. The number of carbonyl (C=O) groups excluding carboxylic acids is 1. The summed E-state index contributed by atoms with van der Waals surface area (Å²) in [5.74, 6) is 0.248. The summed E-state index contributed by atoms with van der Waals surface area (Å²) in [6.45, 7) is 1.79. The van der Waals surface area contributed by atoms with Crippen LogP contribution in [-0.4, -0.2) is 21.5 Å². The van der Waals surface area contributed by atoms with Crippen molar-refractivity contribution in [1.82, 2.24) is 14.9 Å². The van der Waals surface area contributed by atoms with E-state index in [1.165, 1.54) is 19.3 Å². The van der Waals surface area contributed by atoms with Crippen LogP contribution in [-0.2, 0) is 4.79 Å². The normalized spacial score (nSPS) is 18.0. The number of hydrogen-bond donors (Lipinski definition) is 1. The molecule has 1 atom stereocenters. The molecular formula is C13H18N4O. The number of nitrogens with one attached hydrogen (secondary N) is 1.